The Balaban J connectivity index is 1.63. The lowest BCUT2D eigenvalue weighted by Gasteiger charge is -2.26. The van der Waals surface area contributed by atoms with Crippen molar-refractivity contribution in [3.63, 3.8) is 0 Å². The predicted molar refractivity (Wildman–Crippen MR) is 102 cm³/mol. The summed E-state index contributed by atoms with van der Waals surface area (Å²) in [5, 5.41) is 0. The van der Waals surface area contributed by atoms with Gasteiger partial charge in [-0.3, -0.25) is 4.79 Å². The Morgan fingerprint density at radius 3 is 2.78 bits per heavy atom. The lowest BCUT2D eigenvalue weighted by Crippen LogP contribution is -2.33. The van der Waals surface area contributed by atoms with Crippen LogP contribution in [0.25, 0.3) is 0 Å². The number of benzene rings is 2. The lowest BCUT2D eigenvalue weighted by atomic mass is 10.0. The molecule has 6 nitrogen and oxygen atoms in total. The normalized spacial score (nSPS) is 21.3. The number of para-hydroxylation sites is 1. The number of rotatable bonds is 3. The maximum atomic E-state index is 13.0. The minimum absolute atomic E-state index is 0.0331. The van der Waals surface area contributed by atoms with Gasteiger partial charge in [-0.15, -0.1) is 0 Å². The first-order valence-corrected chi connectivity index (χ1v) is 10.5. The van der Waals surface area contributed by atoms with Crippen molar-refractivity contribution in [3.8, 4) is 5.75 Å². The van der Waals surface area contributed by atoms with E-state index in [4.69, 9.17) is 4.74 Å². The van der Waals surface area contributed by atoms with Crippen molar-refractivity contribution >= 4 is 21.6 Å². The van der Waals surface area contributed by atoms with E-state index >= 15 is 0 Å². The molecule has 2 atom stereocenters. The molecule has 0 bridgehead atoms. The molecule has 2 unspecified atom stereocenters. The summed E-state index contributed by atoms with van der Waals surface area (Å²) in [5.41, 5.74) is 2.53. The molecule has 0 aliphatic carbocycles. The molecule has 2 aromatic rings. The van der Waals surface area contributed by atoms with E-state index in [1.54, 1.807) is 23.1 Å². The zero-order valence-corrected chi connectivity index (χ0v) is 16.1. The molecular weight excluding hydrogens is 364 g/mol. The number of carbonyl (C=O) groups is 1. The molecule has 142 valence electrons. The van der Waals surface area contributed by atoms with E-state index in [1.807, 2.05) is 31.2 Å². The molecule has 2 heterocycles. The number of nitrogens with one attached hydrogen (secondary N) is 1. The second-order valence-electron chi connectivity index (χ2n) is 7.08. The van der Waals surface area contributed by atoms with Gasteiger partial charge >= 0.3 is 0 Å². The zero-order valence-electron chi connectivity index (χ0n) is 15.3. The minimum Gasteiger partial charge on any atom is -0.493 e. The van der Waals surface area contributed by atoms with Crippen molar-refractivity contribution in [2.24, 2.45) is 0 Å². The Hall–Kier alpha value is -2.38. The van der Waals surface area contributed by atoms with Crippen LogP contribution in [0.15, 0.2) is 47.4 Å². The number of sulfonamides is 1. The van der Waals surface area contributed by atoms with Gasteiger partial charge in [0, 0.05) is 30.6 Å². The molecule has 0 aromatic heterocycles. The summed E-state index contributed by atoms with van der Waals surface area (Å²) in [6, 6.07) is 12.2. The Labute approximate surface area is 159 Å². The molecule has 27 heavy (non-hydrogen) atoms. The molecule has 0 radical (unpaired) electrons. The van der Waals surface area contributed by atoms with Crippen LogP contribution in [-0.4, -0.2) is 27.0 Å². The molecule has 2 aliphatic heterocycles. The lowest BCUT2D eigenvalue weighted by molar-refractivity contribution is -0.116. The first-order chi connectivity index (χ1) is 12.9. The van der Waals surface area contributed by atoms with Gasteiger partial charge in [0.1, 0.15) is 5.75 Å². The van der Waals surface area contributed by atoms with Crippen LogP contribution in [0.1, 0.15) is 37.4 Å². The second-order valence-corrected chi connectivity index (χ2v) is 8.80. The second kappa shape index (κ2) is 6.65. The van der Waals surface area contributed by atoms with Crippen LogP contribution >= 0.6 is 0 Å². The fourth-order valence-electron chi connectivity index (χ4n) is 3.97. The average Bonchev–Trinajstić information content (AvgIpc) is 2.97. The van der Waals surface area contributed by atoms with E-state index in [0.29, 0.717) is 19.4 Å². The van der Waals surface area contributed by atoms with E-state index in [2.05, 4.69) is 4.72 Å². The standard InChI is InChI=1S/C20H22N2O4S/c1-13-11-15-12-16(7-8-19(15)22(13)14(2)23)27(24,25)21-18-9-10-26-20-6-4-3-5-17(18)20/h3-8,12-13,18,21H,9-11H2,1-2H3. The van der Waals surface area contributed by atoms with Crippen LogP contribution < -0.4 is 14.4 Å². The van der Waals surface area contributed by atoms with E-state index in [1.165, 1.54) is 6.92 Å². The highest BCUT2D eigenvalue weighted by atomic mass is 32.2. The molecule has 0 saturated heterocycles. The smallest absolute Gasteiger partial charge is 0.241 e. The van der Waals surface area contributed by atoms with Gasteiger partial charge in [-0.25, -0.2) is 13.1 Å². The van der Waals surface area contributed by atoms with Crippen molar-refractivity contribution < 1.29 is 17.9 Å². The highest BCUT2D eigenvalue weighted by Crippen LogP contribution is 2.35. The monoisotopic (exact) mass is 386 g/mol. The summed E-state index contributed by atoms with van der Waals surface area (Å²) in [5.74, 6) is 0.685. The molecule has 2 aliphatic rings. The van der Waals surface area contributed by atoms with E-state index in [0.717, 1.165) is 22.6 Å². The zero-order chi connectivity index (χ0) is 19.2. The van der Waals surface area contributed by atoms with E-state index in [-0.39, 0.29) is 22.9 Å². The Kier molecular flexibility index (Phi) is 4.44. The molecule has 0 saturated carbocycles. The highest BCUT2D eigenvalue weighted by Gasteiger charge is 2.31. The number of nitrogens with zero attached hydrogens (tertiary/aromatic N) is 1. The molecule has 2 aromatic carbocycles. The molecule has 4 rings (SSSR count). The van der Waals surface area contributed by atoms with Gasteiger partial charge in [0.05, 0.1) is 17.5 Å². The van der Waals surface area contributed by atoms with Crippen LogP contribution in [0.2, 0.25) is 0 Å². The van der Waals surface area contributed by atoms with E-state index < -0.39 is 10.0 Å². The topological polar surface area (TPSA) is 75.7 Å². The number of ether oxygens (including phenoxy) is 1. The third kappa shape index (κ3) is 3.21. The minimum atomic E-state index is -3.69. The Morgan fingerprint density at radius 2 is 2.00 bits per heavy atom. The average molecular weight is 386 g/mol. The SMILES string of the molecule is CC(=O)N1c2ccc(S(=O)(=O)NC3CCOc4ccccc43)cc2CC1C. The third-order valence-electron chi connectivity index (χ3n) is 5.17. The number of hydrogen-bond donors (Lipinski definition) is 1. The Bertz CT molecular complexity index is 1000. The first kappa shape index (κ1) is 18.0. The Morgan fingerprint density at radius 1 is 1.22 bits per heavy atom. The van der Waals surface area contributed by atoms with Gasteiger partial charge in [-0.05, 0) is 43.2 Å². The molecule has 0 spiro atoms. The summed E-state index contributed by atoms with van der Waals surface area (Å²) in [6.45, 7) is 3.96. The summed E-state index contributed by atoms with van der Waals surface area (Å²) in [7, 11) is -3.69. The first-order valence-electron chi connectivity index (χ1n) is 9.03. The number of fused-ring (bicyclic) bond motifs is 2. The van der Waals surface area contributed by atoms with Crippen molar-refractivity contribution in [2.45, 2.75) is 43.7 Å². The van der Waals surface area contributed by atoms with Crippen LogP contribution in [0.3, 0.4) is 0 Å². The maximum Gasteiger partial charge on any atom is 0.241 e. The molecule has 1 N–H and O–H groups in total. The van der Waals surface area contributed by atoms with Gasteiger partial charge in [-0.2, -0.15) is 0 Å². The van der Waals surface area contributed by atoms with Crippen molar-refractivity contribution in [2.75, 3.05) is 11.5 Å². The fraction of sp³-hybridized carbons (Fsp3) is 0.350. The molecule has 1 amide bonds. The number of hydrogen-bond acceptors (Lipinski definition) is 4. The third-order valence-corrected chi connectivity index (χ3v) is 6.64. The van der Waals surface area contributed by atoms with Crippen molar-refractivity contribution in [1.82, 2.24) is 4.72 Å². The number of carbonyl (C=O) groups excluding carboxylic acids is 1. The summed E-state index contributed by atoms with van der Waals surface area (Å²) >= 11 is 0. The molecular formula is C20H22N2O4S. The largest absolute Gasteiger partial charge is 0.493 e. The van der Waals surface area contributed by atoms with Gasteiger partial charge in [0.15, 0.2) is 0 Å². The van der Waals surface area contributed by atoms with Crippen LogP contribution in [0, 0.1) is 0 Å². The maximum absolute atomic E-state index is 13.0. The van der Waals surface area contributed by atoms with Crippen LogP contribution in [0.4, 0.5) is 5.69 Å². The summed E-state index contributed by atoms with van der Waals surface area (Å²) in [6.07, 6.45) is 1.23. The predicted octanol–water partition coefficient (Wildman–Crippen LogP) is 2.79. The summed E-state index contributed by atoms with van der Waals surface area (Å²) < 4.78 is 34.4. The fourth-order valence-corrected chi connectivity index (χ4v) is 5.27. The molecule has 0 fully saturated rings. The molecule has 7 heteroatoms. The van der Waals surface area contributed by atoms with Gasteiger partial charge < -0.3 is 9.64 Å². The van der Waals surface area contributed by atoms with Crippen LogP contribution in [0.5, 0.6) is 5.75 Å². The van der Waals surface area contributed by atoms with Gasteiger partial charge in [0.25, 0.3) is 0 Å². The number of amides is 1. The van der Waals surface area contributed by atoms with Crippen LogP contribution in [-0.2, 0) is 21.2 Å². The van der Waals surface area contributed by atoms with Crippen molar-refractivity contribution in [3.05, 3.63) is 53.6 Å². The van der Waals surface area contributed by atoms with E-state index in [9.17, 15) is 13.2 Å². The van der Waals surface area contributed by atoms with Gasteiger partial charge in [0.2, 0.25) is 15.9 Å². The quantitative estimate of drug-likeness (QED) is 0.880. The summed E-state index contributed by atoms with van der Waals surface area (Å²) in [4.78, 5) is 13.8. The van der Waals surface area contributed by atoms with Gasteiger partial charge in [-0.1, -0.05) is 18.2 Å². The number of anilines is 1. The highest BCUT2D eigenvalue weighted by molar-refractivity contribution is 7.89. The van der Waals surface area contributed by atoms with Crippen molar-refractivity contribution in [1.29, 1.82) is 0 Å².